The molecule has 1 aliphatic rings. The van der Waals surface area contributed by atoms with Gasteiger partial charge in [-0.15, -0.1) is 11.3 Å². The number of nitrogens with two attached hydrogens (primary N) is 1. The number of aryl methyl sites for hydroxylation is 1. The van der Waals surface area contributed by atoms with Crippen molar-refractivity contribution in [3.05, 3.63) is 39.8 Å². The molecule has 7 heteroatoms. The highest BCUT2D eigenvalue weighted by atomic mass is 32.1. The van der Waals surface area contributed by atoms with Crippen molar-refractivity contribution in [2.24, 2.45) is 5.73 Å². The first kappa shape index (κ1) is 15.7. The normalized spacial score (nSPS) is 18.1. The highest BCUT2D eigenvalue weighted by molar-refractivity contribution is 7.15. The van der Waals surface area contributed by atoms with Crippen molar-refractivity contribution in [3.8, 4) is 0 Å². The summed E-state index contributed by atoms with van der Waals surface area (Å²) in [4.78, 5) is 26.9. The quantitative estimate of drug-likeness (QED) is 0.930. The van der Waals surface area contributed by atoms with Crippen molar-refractivity contribution < 1.29 is 9.59 Å². The van der Waals surface area contributed by atoms with Crippen molar-refractivity contribution in [3.63, 3.8) is 0 Å². The van der Waals surface area contributed by atoms with Crippen molar-refractivity contribution in [1.82, 2.24) is 14.7 Å². The monoisotopic (exact) mass is 332 g/mol. The Bertz CT molecular complexity index is 721. The summed E-state index contributed by atoms with van der Waals surface area (Å²) in [6, 6.07) is 3.45. The molecule has 0 unspecified atom stereocenters. The summed E-state index contributed by atoms with van der Waals surface area (Å²) in [6.07, 6.45) is 6.92. The summed E-state index contributed by atoms with van der Waals surface area (Å²) in [6.45, 7) is 3.45. The highest BCUT2D eigenvalue weighted by Gasteiger charge is 2.29. The van der Waals surface area contributed by atoms with Crippen LogP contribution in [0.15, 0.2) is 24.5 Å². The van der Waals surface area contributed by atoms with Crippen LogP contribution >= 0.6 is 11.3 Å². The fourth-order valence-electron chi connectivity index (χ4n) is 2.97. The number of thiophene rings is 1. The lowest BCUT2D eigenvalue weighted by Crippen LogP contribution is -2.45. The number of rotatable bonds is 4. The van der Waals surface area contributed by atoms with Gasteiger partial charge in [0.05, 0.1) is 28.5 Å². The molecule has 0 aromatic carbocycles. The Morgan fingerprint density at radius 3 is 2.78 bits per heavy atom. The van der Waals surface area contributed by atoms with Gasteiger partial charge in [0.15, 0.2) is 0 Å². The van der Waals surface area contributed by atoms with Crippen LogP contribution in [-0.4, -0.2) is 39.1 Å². The molecule has 1 saturated heterocycles. The van der Waals surface area contributed by atoms with Crippen LogP contribution in [0.25, 0.3) is 0 Å². The average molecular weight is 332 g/mol. The molecule has 1 atom stereocenters. The number of amides is 2. The summed E-state index contributed by atoms with van der Waals surface area (Å²) < 4.78 is 1.90. The summed E-state index contributed by atoms with van der Waals surface area (Å²) >= 11 is 1.17. The van der Waals surface area contributed by atoms with Crippen LogP contribution in [0.3, 0.4) is 0 Å². The maximum absolute atomic E-state index is 12.8. The lowest BCUT2D eigenvalue weighted by atomic mass is 10.0. The van der Waals surface area contributed by atoms with Gasteiger partial charge in [-0.2, -0.15) is 5.10 Å². The number of aromatic nitrogens is 2. The Morgan fingerprint density at radius 1 is 1.35 bits per heavy atom. The van der Waals surface area contributed by atoms with E-state index in [1.54, 1.807) is 12.1 Å². The molecule has 0 spiro atoms. The van der Waals surface area contributed by atoms with Gasteiger partial charge in [0.25, 0.3) is 11.8 Å². The number of hydrogen-bond donors (Lipinski definition) is 1. The molecule has 122 valence electrons. The molecular weight excluding hydrogens is 312 g/mol. The molecule has 1 aliphatic heterocycles. The standard InChI is InChI=1S/C16H20N4O2S/c1-11-8-18-19(9-11)10-12-4-2-3-7-20(12)16(22)14-6-5-13(23-14)15(17)21/h5-6,8-9,12H,2-4,7,10H2,1H3,(H2,17,21)/t12-/m0/s1. The maximum atomic E-state index is 12.8. The number of piperidine rings is 1. The third-order valence-corrected chi connectivity index (χ3v) is 5.20. The van der Waals surface area contributed by atoms with Crippen LogP contribution in [0.4, 0.5) is 0 Å². The first-order valence-corrected chi connectivity index (χ1v) is 8.56. The van der Waals surface area contributed by atoms with Crippen LogP contribution in [0.1, 0.15) is 44.2 Å². The molecule has 0 aliphatic carbocycles. The molecule has 0 radical (unpaired) electrons. The Labute approximate surface area is 138 Å². The zero-order valence-corrected chi connectivity index (χ0v) is 13.9. The van der Waals surface area contributed by atoms with Gasteiger partial charge >= 0.3 is 0 Å². The van der Waals surface area contributed by atoms with Crippen LogP contribution in [0, 0.1) is 6.92 Å². The van der Waals surface area contributed by atoms with Crippen molar-refractivity contribution in [1.29, 1.82) is 0 Å². The summed E-state index contributed by atoms with van der Waals surface area (Å²) in [7, 11) is 0. The Balaban J connectivity index is 1.76. The van der Waals surface area contributed by atoms with E-state index in [-0.39, 0.29) is 11.9 Å². The van der Waals surface area contributed by atoms with Gasteiger partial charge in [-0.05, 0) is 43.9 Å². The van der Waals surface area contributed by atoms with E-state index in [9.17, 15) is 9.59 Å². The molecule has 2 aromatic rings. The highest BCUT2D eigenvalue weighted by Crippen LogP contribution is 2.24. The topological polar surface area (TPSA) is 81.2 Å². The zero-order valence-electron chi connectivity index (χ0n) is 13.1. The van der Waals surface area contributed by atoms with E-state index in [1.165, 1.54) is 11.3 Å². The fourth-order valence-corrected chi connectivity index (χ4v) is 3.78. The molecule has 0 bridgehead atoms. The van der Waals surface area contributed by atoms with Crippen LogP contribution in [-0.2, 0) is 6.54 Å². The second-order valence-corrected chi connectivity index (χ2v) is 7.00. The summed E-state index contributed by atoms with van der Waals surface area (Å²) in [5.74, 6) is -0.507. The molecule has 3 heterocycles. The SMILES string of the molecule is Cc1cnn(C[C@@H]2CCCCN2C(=O)c2ccc(C(N)=O)s2)c1. The molecule has 23 heavy (non-hydrogen) atoms. The largest absolute Gasteiger partial charge is 0.365 e. The Morgan fingerprint density at radius 2 is 2.13 bits per heavy atom. The number of primary amides is 1. The predicted octanol–water partition coefficient (Wildman–Crippen LogP) is 2.05. The van der Waals surface area contributed by atoms with Gasteiger partial charge < -0.3 is 10.6 Å². The van der Waals surface area contributed by atoms with Gasteiger partial charge in [-0.25, -0.2) is 0 Å². The molecular formula is C16H20N4O2S. The van der Waals surface area contributed by atoms with E-state index in [0.29, 0.717) is 16.3 Å². The number of nitrogens with zero attached hydrogens (tertiary/aromatic N) is 3. The smallest absolute Gasteiger partial charge is 0.264 e. The van der Waals surface area contributed by atoms with Gasteiger partial charge in [0, 0.05) is 12.7 Å². The lowest BCUT2D eigenvalue weighted by Gasteiger charge is -2.35. The molecule has 6 nitrogen and oxygen atoms in total. The van der Waals surface area contributed by atoms with Crippen molar-refractivity contribution in [2.45, 2.75) is 38.8 Å². The van der Waals surface area contributed by atoms with Crippen molar-refractivity contribution in [2.75, 3.05) is 6.54 Å². The molecule has 2 amide bonds. The Hall–Kier alpha value is -2.15. The van der Waals surface area contributed by atoms with Gasteiger partial charge in [0.1, 0.15) is 0 Å². The summed E-state index contributed by atoms with van der Waals surface area (Å²) in [5.41, 5.74) is 6.39. The molecule has 0 saturated carbocycles. The van der Waals surface area contributed by atoms with Crippen LogP contribution < -0.4 is 5.73 Å². The number of likely N-dealkylation sites (tertiary alicyclic amines) is 1. The molecule has 1 fully saturated rings. The second kappa shape index (κ2) is 6.54. The minimum atomic E-state index is -0.490. The zero-order chi connectivity index (χ0) is 16.4. The fraction of sp³-hybridized carbons (Fsp3) is 0.438. The van der Waals surface area contributed by atoms with Gasteiger partial charge in [-0.3, -0.25) is 14.3 Å². The molecule has 2 aromatic heterocycles. The van der Waals surface area contributed by atoms with E-state index in [4.69, 9.17) is 5.73 Å². The lowest BCUT2D eigenvalue weighted by molar-refractivity contribution is 0.0589. The minimum Gasteiger partial charge on any atom is -0.365 e. The van der Waals surface area contributed by atoms with E-state index >= 15 is 0 Å². The van der Waals surface area contributed by atoms with Gasteiger partial charge in [0.2, 0.25) is 0 Å². The molecule has 2 N–H and O–H groups in total. The first-order chi connectivity index (χ1) is 11.0. The molecule has 3 rings (SSSR count). The maximum Gasteiger partial charge on any atom is 0.264 e. The van der Waals surface area contributed by atoms with Gasteiger partial charge in [-0.1, -0.05) is 0 Å². The Kier molecular flexibility index (Phi) is 4.47. The van der Waals surface area contributed by atoms with E-state index in [1.807, 2.05) is 28.9 Å². The van der Waals surface area contributed by atoms with Crippen LogP contribution in [0.5, 0.6) is 0 Å². The summed E-state index contributed by atoms with van der Waals surface area (Å²) in [5, 5.41) is 4.32. The third kappa shape index (κ3) is 3.44. The number of hydrogen-bond acceptors (Lipinski definition) is 4. The van der Waals surface area contributed by atoms with E-state index in [0.717, 1.165) is 31.4 Å². The van der Waals surface area contributed by atoms with Crippen LogP contribution in [0.2, 0.25) is 0 Å². The third-order valence-electron chi connectivity index (χ3n) is 4.11. The van der Waals surface area contributed by atoms with Crippen molar-refractivity contribution >= 4 is 23.2 Å². The average Bonchev–Trinajstić information content (AvgIpc) is 3.16. The minimum absolute atomic E-state index is 0.0175. The predicted molar refractivity (Wildman–Crippen MR) is 88.5 cm³/mol. The number of carbonyl (C=O) groups is 2. The first-order valence-electron chi connectivity index (χ1n) is 7.74. The van der Waals surface area contributed by atoms with E-state index in [2.05, 4.69) is 5.10 Å². The number of carbonyl (C=O) groups excluding carboxylic acids is 2. The van der Waals surface area contributed by atoms with E-state index < -0.39 is 5.91 Å². The second-order valence-electron chi connectivity index (χ2n) is 5.92.